The molecule has 0 bridgehead atoms. The molecular weight excluding hydrogens is 256 g/mol. The monoisotopic (exact) mass is 278 g/mol. The number of hydrogen-bond acceptors (Lipinski definition) is 3. The van der Waals surface area contributed by atoms with Crippen LogP contribution in [0.3, 0.4) is 0 Å². The van der Waals surface area contributed by atoms with Crippen molar-refractivity contribution in [2.75, 3.05) is 19.8 Å². The molecule has 1 aliphatic rings. The summed E-state index contributed by atoms with van der Waals surface area (Å²) in [5.74, 6) is 0.336. The Morgan fingerprint density at radius 1 is 1.50 bits per heavy atom. The SMILES string of the molecule is Cc1cc(=O)c(C(=O)NCCC[C@@H]2CCOC2)c(C)[nH]1. The maximum Gasteiger partial charge on any atom is 0.257 e. The van der Waals surface area contributed by atoms with Crippen molar-refractivity contribution in [1.29, 1.82) is 0 Å². The van der Waals surface area contributed by atoms with E-state index in [4.69, 9.17) is 4.74 Å². The third-order valence-corrected chi connectivity index (χ3v) is 3.68. The lowest BCUT2D eigenvalue weighted by Crippen LogP contribution is -2.31. The highest BCUT2D eigenvalue weighted by Crippen LogP contribution is 2.17. The molecule has 1 amide bonds. The molecule has 20 heavy (non-hydrogen) atoms. The van der Waals surface area contributed by atoms with Crippen LogP contribution in [-0.4, -0.2) is 30.6 Å². The van der Waals surface area contributed by atoms with E-state index in [1.807, 2.05) is 0 Å². The normalized spacial score (nSPS) is 18.2. The first-order valence-corrected chi connectivity index (χ1v) is 7.14. The molecule has 1 atom stereocenters. The van der Waals surface area contributed by atoms with Gasteiger partial charge >= 0.3 is 0 Å². The van der Waals surface area contributed by atoms with Crippen LogP contribution in [0.15, 0.2) is 10.9 Å². The summed E-state index contributed by atoms with van der Waals surface area (Å²) in [6, 6.07) is 1.46. The number of hydrogen-bond donors (Lipinski definition) is 2. The number of carbonyl (C=O) groups excluding carboxylic acids is 1. The predicted octanol–water partition coefficient (Wildman–Crippen LogP) is 1.54. The molecule has 1 aliphatic heterocycles. The third kappa shape index (κ3) is 3.70. The molecule has 2 rings (SSSR count). The summed E-state index contributed by atoms with van der Waals surface area (Å²) in [6.45, 7) is 5.85. The zero-order valence-electron chi connectivity index (χ0n) is 12.1. The Hall–Kier alpha value is -1.62. The van der Waals surface area contributed by atoms with Gasteiger partial charge in [0.25, 0.3) is 5.91 Å². The van der Waals surface area contributed by atoms with Crippen molar-refractivity contribution in [3.8, 4) is 0 Å². The number of pyridine rings is 1. The number of H-pyrrole nitrogens is 1. The topological polar surface area (TPSA) is 71.2 Å². The second kappa shape index (κ2) is 6.70. The highest BCUT2D eigenvalue weighted by molar-refractivity contribution is 5.95. The van der Waals surface area contributed by atoms with Crippen LogP contribution in [0.2, 0.25) is 0 Å². The molecule has 5 heteroatoms. The Kier molecular flexibility index (Phi) is 4.95. The number of aryl methyl sites for hydroxylation is 2. The molecule has 0 aromatic carbocycles. The average Bonchev–Trinajstić information content (AvgIpc) is 2.86. The Morgan fingerprint density at radius 3 is 2.95 bits per heavy atom. The third-order valence-electron chi connectivity index (χ3n) is 3.68. The summed E-state index contributed by atoms with van der Waals surface area (Å²) in [4.78, 5) is 26.9. The Labute approximate surface area is 118 Å². The van der Waals surface area contributed by atoms with Crippen LogP contribution < -0.4 is 10.7 Å². The lowest BCUT2D eigenvalue weighted by molar-refractivity contribution is 0.0950. The predicted molar refractivity (Wildman–Crippen MR) is 77.0 cm³/mol. The molecule has 1 fully saturated rings. The lowest BCUT2D eigenvalue weighted by Gasteiger charge is -2.09. The van der Waals surface area contributed by atoms with Gasteiger partial charge in [0, 0.05) is 37.2 Å². The molecule has 0 aliphatic carbocycles. The Morgan fingerprint density at radius 2 is 2.30 bits per heavy atom. The molecule has 0 radical (unpaired) electrons. The summed E-state index contributed by atoms with van der Waals surface area (Å²) in [5, 5.41) is 2.82. The molecule has 0 saturated carbocycles. The minimum atomic E-state index is -0.286. The summed E-state index contributed by atoms with van der Waals surface area (Å²) in [5.41, 5.74) is 1.39. The average molecular weight is 278 g/mol. The van der Waals surface area contributed by atoms with Gasteiger partial charge in [-0.1, -0.05) is 0 Å². The smallest absolute Gasteiger partial charge is 0.257 e. The molecule has 1 saturated heterocycles. The molecule has 0 unspecified atom stereocenters. The van der Waals surface area contributed by atoms with Gasteiger partial charge in [0.1, 0.15) is 5.56 Å². The highest BCUT2D eigenvalue weighted by atomic mass is 16.5. The van der Waals surface area contributed by atoms with Crippen LogP contribution in [0, 0.1) is 19.8 Å². The highest BCUT2D eigenvalue weighted by Gasteiger charge is 2.16. The number of rotatable bonds is 5. The summed E-state index contributed by atoms with van der Waals surface area (Å²) < 4.78 is 5.31. The Balaban J connectivity index is 1.84. The van der Waals surface area contributed by atoms with E-state index in [1.165, 1.54) is 6.07 Å². The number of carbonyl (C=O) groups is 1. The molecule has 1 aromatic heterocycles. The van der Waals surface area contributed by atoms with E-state index in [9.17, 15) is 9.59 Å². The van der Waals surface area contributed by atoms with E-state index in [2.05, 4.69) is 10.3 Å². The van der Waals surface area contributed by atoms with Crippen molar-refractivity contribution in [2.24, 2.45) is 5.92 Å². The van der Waals surface area contributed by atoms with Crippen molar-refractivity contribution in [3.05, 3.63) is 33.2 Å². The minimum absolute atomic E-state index is 0.222. The second-order valence-electron chi connectivity index (χ2n) is 5.44. The van der Waals surface area contributed by atoms with Gasteiger partial charge in [-0.25, -0.2) is 0 Å². The van der Waals surface area contributed by atoms with Crippen molar-refractivity contribution < 1.29 is 9.53 Å². The van der Waals surface area contributed by atoms with Crippen molar-refractivity contribution >= 4 is 5.91 Å². The number of nitrogens with one attached hydrogen (secondary N) is 2. The molecule has 2 heterocycles. The van der Waals surface area contributed by atoms with E-state index in [1.54, 1.807) is 13.8 Å². The Bertz CT molecular complexity index is 530. The number of aromatic amines is 1. The standard InChI is InChI=1S/C15H22N2O3/c1-10-8-13(18)14(11(2)17-10)15(19)16-6-3-4-12-5-7-20-9-12/h8,12H,3-7,9H2,1-2H3,(H,16,19)(H,17,18)/t12-/m1/s1. The summed E-state index contributed by atoms with van der Waals surface area (Å²) in [6.07, 6.45) is 3.09. The minimum Gasteiger partial charge on any atom is -0.381 e. The molecule has 0 spiro atoms. The van der Waals surface area contributed by atoms with Crippen LogP contribution in [0.5, 0.6) is 0 Å². The van der Waals surface area contributed by atoms with Crippen LogP contribution in [0.1, 0.15) is 41.0 Å². The summed E-state index contributed by atoms with van der Waals surface area (Å²) >= 11 is 0. The van der Waals surface area contributed by atoms with Crippen LogP contribution in [0.25, 0.3) is 0 Å². The first kappa shape index (κ1) is 14.8. The fourth-order valence-corrected chi connectivity index (χ4v) is 2.62. The molecule has 1 aromatic rings. The zero-order valence-corrected chi connectivity index (χ0v) is 12.1. The number of ether oxygens (including phenoxy) is 1. The molecular formula is C15H22N2O3. The van der Waals surface area contributed by atoms with E-state index in [0.717, 1.165) is 38.2 Å². The van der Waals surface area contributed by atoms with E-state index >= 15 is 0 Å². The van der Waals surface area contributed by atoms with E-state index < -0.39 is 0 Å². The quantitative estimate of drug-likeness (QED) is 0.803. The van der Waals surface area contributed by atoms with Gasteiger partial charge in [-0.05, 0) is 39.0 Å². The largest absolute Gasteiger partial charge is 0.381 e. The first-order chi connectivity index (χ1) is 9.58. The molecule has 5 nitrogen and oxygen atoms in total. The zero-order chi connectivity index (χ0) is 14.5. The van der Waals surface area contributed by atoms with Gasteiger partial charge in [-0.15, -0.1) is 0 Å². The maximum absolute atomic E-state index is 12.0. The molecule has 2 N–H and O–H groups in total. The van der Waals surface area contributed by atoms with Crippen LogP contribution in [-0.2, 0) is 4.74 Å². The van der Waals surface area contributed by atoms with Gasteiger partial charge in [0.15, 0.2) is 5.43 Å². The fraction of sp³-hybridized carbons (Fsp3) is 0.600. The van der Waals surface area contributed by atoms with Crippen LogP contribution in [0.4, 0.5) is 0 Å². The van der Waals surface area contributed by atoms with Crippen LogP contribution >= 0.6 is 0 Å². The summed E-state index contributed by atoms with van der Waals surface area (Å²) in [7, 11) is 0. The number of amides is 1. The first-order valence-electron chi connectivity index (χ1n) is 7.14. The second-order valence-corrected chi connectivity index (χ2v) is 5.44. The van der Waals surface area contributed by atoms with Crippen molar-refractivity contribution in [2.45, 2.75) is 33.1 Å². The van der Waals surface area contributed by atoms with Gasteiger partial charge in [-0.3, -0.25) is 9.59 Å². The van der Waals surface area contributed by atoms with Gasteiger partial charge in [0.05, 0.1) is 0 Å². The maximum atomic E-state index is 12.0. The van der Waals surface area contributed by atoms with Crippen molar-refractivity contribution in [1.82, 2.24) is 10.3 Å². The van der Waals surface area contributed by atoms with E-state index in [-0.39, 0.29) is 16.9 Å². The van der Waals surface area contributed by atoms with Crippen molar-refractivity contribution in [3.63, 3.8) is 0 Å². The van der Waals surface area contributed by atoms with E-state index in [0.29, 0.717) is 18.2 Å². The van der Waals surface area contributed by atoms with Gasteiger partial charge in [-0.2, -0.15) is 0 Å². The lowest BCUT2D eigenvalue weighted by atomic mass is 10.0. The van der Waals surface area contributed by atoms with Gasteiger partial charge < -0.3 is 15.0 Å². The fourth-order valence-electron chi connectivity index (χ4n) is 2.62. The van der Waals surface area contributed by atoms with Gasteiger partial charge in [0.2, 0.25) is 0 Å². The molecule has 110 valence electrons. The number of aromatic nitrogens is 1.